The third kappa shape index (κ3) is 10.4. The van der Waals surface area contributed by atoms with E-state index >= 15 is 0 Å². The van der Waals surface area contributed by atoms with E-state index in [4.69, 9.17) is 0 Å². The molecule has 0 aromatic rings. The molecule has 0 N–H and O–H groups in total. The van der Waals surface area contributed by atoms with Crippen molar-refractivity contribution in [3.05, 3.63) is 49.1 Å². The molecule has 0 aliphatic carbocycles. The zero-order valence-corrected chi connectivity index (χ0v) is 11.2. The van der Waals surface area contributed by atoms with E-state index in [9.17, 15) is 9.59 Å². The topological polar surface area (TPSA) is 52.6 Å². The molecule has 0 bridgehead atoms. The zero-order valence-electron chi connectivity index (χ0n) is 11.2. The molecule has 100 valence electrons. The number of carbonyl (C=O) groups excluding carboxylic acids is 2. The third-order valence-corrected chi connectivity index (χ3v) is 1.64. The van der Waals surface area contributed by atoms with Gasteiger partial charge < -0.3 is 9.47 Å². The first kappa shape index (κ1) is 18.3. The molecule has 0 atom stereocenters. The molecule has 0 aromatic heterocycles. The largest absolute Gasteiger partial charge is 0.466 e. The zero-order chi connectivity index (χ0) is 14.6. The predicted octanol–water partition coefficient (Wildman–Crippen LogP) is 2.58. The highest BCUT2D eigenvalue weighted by Crippen LogP contribution is 2.00. The highest BCUT2D eigenvalue weighted by Gasteiger charge is 2.02. The van der Waals surface area contributed by atoms with Gasteiger partial charge in [0.1, 0.15) is 0 Å². The van der Waals surface area contributed by atoms with Gasteiger partial charge in [0.2, 0.25) is 0 Å². The molecule has 0 aromatic carbocycles. The van der Waals surface area contributed by atoms with Crippen molar-refractivity contribution >= 4 is 11.9 Å². The lowest BCUT2D eigenvalue weighted by Gasteiger charge is -1.97. The normalized spacial score (nSPS) is 8.83. The van der Waals surface area contributed by atoms with Crippen LogP contribution in [0.15, 0.2) is 49.1 Å². The second-order valence-electron chi connectivity index (χ2n) is 3.24. The maximum absolute atomic E-state index is 10.7. The van der Waals surface area contributed by atoms with Crippen molar-refractivity contribution in [3.63, 3.8) is 0 Å². The molecule has 0 amide bonds. The Labute approximate surface area is 108 Å². The number of allylic oxidation sites excluding steroid dienone is 3. The van der Waals surface area contributed by atoms with Gasteiger partial charge >= 0.3 is 11.9 Å². The first-order valence-corrected chi connectivity index (χ1v) is 5.18. The van der Waals surface area contributed by atoms with Crippen LogP contribution in [-0.2, 0) is 19.1 Å². The minimum atomic E-state index is -0.362. The van der Waals surface area contributed by atoms with Crippen LogP contribution in [0.1, 0.15) is 13.3 Å². The van der Waals surface area contributed by atoms with Crippen molar-refractivity contribution in [1.29, 1.82) is 0 Å². The van der Waals surface area contributed by atoms with Gasteiger partial charge in [0.15, 0.2) is 0 Å². The van der Waals surface area contributed by atoms with Crippen LogP contribution in [0.25, 0.3) is 0 Å². The fourth-order valence-corrected chi connectivity index (χ4v) is 0.708. The standard InChI is InChI=1S/C9H12O2.C5H8O2/c1-4-5-6-7-8(2)9(10)11-3;1-4(2)5(6)7-3/h4-6H,1-2,7H2,3H3;1H2,2-3H3. The number of hydrogen-bond donors (Lipinski definition) is 0. The Bertz CT molecular complexity index is 351. The Balaban J connectivity index is 0. The lowest BCUT2D eigenvalue weighted by molar-refractivity contribution is -0.136. The van der Waals surface area contributed by atoms with Crippen molar-refractivity contribution in [1.82, 2.24) is 0 Å². The molecule has 0 radical (unpaired) electrons. The minimum Gasteiger partial charge on any atom is -0.466 e. The van der Waals surface area contributed by atoms with Gasteiger partial charge in [-0.25, -0.2) is 9.59 Å². The molecule has 0 aliphatic heterocycles. The van der Waals surface area contributed by atoms with Crippen molar-refractivity contribution in [2.75, 3.05) is 14.2 Å². The van der Waals surface area contributed by atoms with Crippen LogP contribution >= 0.6 is 0 Å². The Morgan fingerprint density at radius 1 is 1.11 bits per heavy atom. The van der Waals surface area contributed by atoms with Crippen LogP contribution in [0.2, 0.25) is 0 Å². The van der Waals surface area contributed by atoms with E-state index < -0.39 is 0 Å². The van der Waals surface area contributed by atoms with Crippen LogP contribution in [0, 0.1) is 0 Å². The van der Waals surface area contributed by atoms with E-state index in [0.29, 0.717) is 17.6 Å². The van der Waals surface area contributed by atoms with Gasteiger partial charge in [-0.05, 0) is 13.3 Å². The number of carbonyl (C=O) groups is 2. The van der Waals surface area contributed by atoms with Crippen molar-refractivity contribution < 1.29 is 19.1 Å². The average molecular weight is 252 g/mol. The maximum Gasteiger partial charge on any atom is 0.333 e. The van der Waals surface area contributed by atoms with Gasteiger partial charge in [0, 0.05) is 11.1 Å². The summed E-state index contributed by atoms with van der Waals surface area (Å²) >= 11 is 0. The molecule has 0 fully saturated rings. The monoisotopic (exact) mass is 252 g/mol. The molecule has 0 unspecified atom stereocenters. The van der Waals surface area contributed by atoms with Gasteiger partial charge in [-0.15, -0.1) is 0 Å². The summed E-state index contributed by atoms with van der Waals surface area (Å²) in [7, 11) is 2.67. The van der Waals surface area contributed by atoms with Crippen LogP contribution in [0.5, 0.6) is 0 Å². The van der Waals surface area contributed by atoms with Crippen molar-refractivity contribution in [2.24, 2.45) is 0 Å². The van der Waals surface area contributed by atoms with Gasteiger partial charge in [-0.3, -0.25) is 0 Å². The van der Waals surface area contributed by atoms with Gasteiger partial charge in [0.25, 0.3) is 0 Å². The number of ether oxygens (including phenoxy) is 2. The van der Waals surface area contributed by atoms with Crippen LogP contribution in [-0.4, -0.2) is 26.2 Å². The number of methoxy groups -OCH3 is 2. The predicted molar refractivity (Wildman–Crippen MR) is 71.9 cm³/mol. The van der Waals surface area contributed by atoms with E-state index in [-0.39, 0.29) is 11.9 Å². The van der Waals surface area contributed by atoms with E-state index in [2.05, 4.69) is 29.2 Å². The lowest BCUT2D eigenvalue weighted by Crippen LogP contribution is -2.02. The van der Waals surface area contributed by atoms with Crippen LogP contribution < -0.4 is 0 Å². The number of esters is 2. The molecule has 0 aliphatic rings. The summed E-state index contributed by atoms with van der Waals surface area (Å²) in [6, 6.07) is 0. The van der Waals surface area contributed by atoms with E-state index in [0.717, 1.165) is 0 Å². The summed E-state index contributed by atoms with van der Waals surface area (Å²) in [4.78, 5) is 20.9. The summed E-state index contributed by atoms with van der Waals surface area (Å²) < 4.78 is 8.72. The fourth-order valence-electron chi connectivity index (χ4n) is 0.708. The van der Waals surface area contributed by atoms with E-state index in [1.165, 1.54) is 14.2 Å². The highest BCUT2D eigenvalue weighted by molar-refractivity contribution is 5.87. The molecular formula is C14H20O4. The fraction of sp³-hybridized carbons (Fsp3) is 0.286. The Kier molecular flexibility index (Phi) is 11.6. The second kappa shape index (κ2) is 11.4. The van der Waals surface area contributed by atoms with Crippen LogP contribution in [0.4, 0.5) is 0 Å². The molecule has 4 heteroatoms. The molecule has 0 rings (SSSR count). The smallest absolute Gasteiger partial charge is 0.333 e. The van der Waals surface area contributed by atoms with E-state index in [1.807, 2.05) is 0 Å². The molecule has 0 saturated heterocycles. The summed E-state index contributed by atoms with van der Waals surface area (Å²) in [6.45, 7) is 12.0. The minimum absolute atomic E-state index is 0.347. The van der Waals surface area contributed by atoms with Gasteiger partial charge in [0.05, 0.1) is 14.2 Å². The molecule has 4 nitrogen and oxygen atoms in total. The van der Waals surface area contributed by atoms with E-state index in [1.54, 1.807) is 25.2 Å². The lowest BCUT2D eigenvalue weighted by atomic mass is 10.2. The maximum atomic E-state index is 10.7. The number of hydrogen-bond acceptors (Lipinski definition) is 4. The SMILES string of the molecule is C=C(C)C(=O)OC.C=CC=CCC(=C)C(=O)OC. The third-order valence-electron chi connectivity index (χ3n) is 1.64. The number of rotatable bonds is 5. The van der Waals surface area contributed by atoms with Gasteiger partial charge in [-0.1, -0.05) is 38.0 Å². The Morgan fingerprint density at radius 2 is 1.61 bits per heavy atom. The summed E-state index contributed by atoms with van der Waals surface area (Å²) in [5.41, 5.74) is 0.883. The summed E-state index contributed by atoms with van der Waals surface area (Å²) in [5, 5.41) is 0. The Hall–Kier alpha value is -2.10. The summed E-state index contributed by atoms with van der Waals surface area (Å²) in [5.74, 6) is -0.710. The molecule has 0 heterocycles. The second-order valence-corrected chi connectivity index (χ2v) is 3.24. The molecule has 0 spiro atoms. The first-order chi connectivity index (χ1) is 8.40. The first-order valence-electron chi connectivity index (χ1n) is 5.18. The Morgan fingerprint density at radius 3 is 1.89 bits per heavy atom. The van der Waals surface area contributed by atoms with Crippen LogP contribution in [0.3, 0.4) is 0 Å². The summed E-state index contributed by atoms with van der Waals surface area (Å²) in [6.07, 6.45) is 5.71. The van der Waals surface area contributed by atoms with Crippen molar-refractivity contribution in [2.45, 2.75) is 13.3 Å². The quantitative estimate of drug-likeness (QED) is 0.429. The molecule has 18 heavy (non-hydrogen) atoms. The highest BCUT2D eigenvalue weighted by atomic mass is 16.5. The van der Waals surface area contributed by atoms with Crippen molar-refractivity contribution in [3.8, 4) is 0 Å². The average Bonchev–Trinajstić information content (AvgIpc) is 2.37. The van der Waals surface area contributed by atoms with Gasteiger partial charge in [-0.2, -0.15) is 0 Å². The molecular weight excluding hydrogens is 232 g/mol. The molecule has 0 saturated carbocycles.